The maximum atomic E-state index is 13.6. The number of benzene rings is 2. The van der Waals surface area contributed by atoms with E-state index in [1.807, 2.05) is 0 Å². The number of hydrogen-bond donors (Lipinski definition) is 12. The quantitative estimate of drug-likeness (QED) is 0.106. The molecule has 3 aliphatic rings. The van der Waals surface area contributed by atoms with Crippen molar-refractivity contribution in [2.24, 2.45) is 0 Å². The first-order valence-corrected chi connectivity index (χ1v) is 16.2. The molecule has 4 heterocycles. The maximum Gasteiger partial charge on any atom is 0.229 e. The predicted octanol–water partition coefficient (Wildman–Crippen LogP) is -3.58. The Bertz CT molecular complexity index is 1760. The zero-order chi connectivity index (χ0) is 37.8. The minimum absolute atomic E-state index is 0.0200. The van der Waals surface area contributed by atoms with Crippen LogP contribution >= 0.6 is 0 Å². The van der Waals surface area contributed by atoms with Crippen LogP contribution in [0.1, 0.15) is 18.6 Å². The van der Waals surface area contributed by atoms with E-state index < -0.39 is 133 Å². The third-order valence-electron chi connectivity index (χ3n) is 9.49. The fraction of sp³-hybridized carbons (Fsp3) is 0.545. The third kappa shape index (κ3) is 6.85. The highest BCUT2D eigenvalue weighted by molar-refractivity contribution is 5.88. The van der Waals surface area contributed by atoms with E-state index in [2.05, 4.69) is 0 Å². The molecule has 6 rings (SSSR count). The van der Waals surface area contributed by atoms with Crippen molar-refractivity contribution in [2.45, 2.75) is 98.9 Å². The van der Waals surface area contributed by atoms with Gasteiger partial charge in [0.05, 0.1) is 24.9 Å². The molecule has 3 fully saturated rings. The molecule has 19 heteroatoms. The number of phenolic OH excluding ortho intramolecular Hbond substituents is 2. The minimum Gasteiger partial charge on any atom is -0.508 e. The van der Waals surface area contributed by atoms with Gasteiger partial charge in [0.25, 0.3) is 0 Å². The first-order valence-electron chi connectivity index (χ1n) is 16.2. The number of aromatic hydroxyl groups is 2. The molecule has 0 saturated carbocycles. The van der Waals surface area contributed by atoms with Crippen LogP contribution in [0.15, 0.2) is 45.6 Å². The van der Waals surface area contributed by atoms with Gasteiger partial charge >= 0.3 is 0 Å². The van der Waals surface area contributed by atoms with Crippen molar-refractivity contribution in [3.05, 3.63) is 52.2 Å². The monoisotopic (exact) mass is 740 g/mol. The average Bonchev–Trinajstić information content (AvgIpc) is 3.12. The van der Waals surface area contributed by atoms with Crippen molar-refractivity contribution in [2.75, 3.05) is 13.2 Å². The van der Waals surface area contributed by atoms with Gasteiger partial charge in [0.15, 0.2) is 11.7 Å². The summed E-state index contributed by atoms with van der Waals surface area (Å²) in [5.41, 5.74) is -1.27. The summed E-state index contributed by atoms with van der Waals surface area (Å²) in [4.78, 5) is 13.6. The van der Waals surface area contributed by atoms with E-state index in [9.17, 15) is 66.1 Å². The molecule has 0 unspecified atom stereocenters. The fourth-order valence-electron chi connectivity index (χ4n) is 6.48. The molecule has 0 bridgehead atoms. The maximum absolute atomic E-state index is 13.6. The van der Waals surface area contributed by atoms with Gasteiger partial charge in [-0.05, 0) is 31.2 Å². The zero-order valence-corrected chi connectivity index (χ0v) is 27.3. The number of rotatable bonds is 8. The molecule has 0 radical (unpaired) electrons. The average molecular weight is 741 g/mol. The number of aliphatic hydroxyl groups is 10. The fourth-order valence-corrected chi connectivity index (χ4v) is 6.48. The van der Waals surface area contributed by atoms with Gasteiger partial charge in [0.1, 0.15) is 107 Å². The van der Waals surface area contributed by atoms with E-state index in [1.54, 1.807) is 0 Å². The molecule has 12 N–H and O–H groups in total. The lowest BCUT2D eigenvalue weighted by Gasteiger charge is -2.46. The summed E-state index contributed by atoms with van der Waals surface area (Å²) in [6.07, 6.45) is -26.4. The topological polar surface area (TPSA) is 319 Å². The summed E-state index contributed by atoms with van der Waals surface area (Å²) in [7, 11) is 0. The summed E-state index contributed by atoms with van der Waals surface area (Å²) >= 11 is 0. The van der Waals surface area contributed by atoms with Gasteiger partial charge in [0.2, 0.25) is 6.29 Å². The number of phenols is 2. The first kappa shape index (κ1) is 38.2. The Hall–Kier alpha value is -3.51. The Balaban J connectivity index is 1.51. The van der Waals surface area contributed by atoms with E-state index >= 15 is 0 Å². The molecule has 0 spiro atoms. The summed E-state index contributed by atoms with van der Waals surface area (Å²) in [5, 5.41) is 125. The highest BCUT2D eigenvalue weighted by Crippen LogP contribution is 2.47. The molecule has 2 aromatic carbocycles. The van der Waals surface area contributed by atoms with Gasteiger partial charge < -0.3 is 89.4 Å². The van der Waals surface area contributed by atoms with Crippen molar-refractivity contribution in [3.63, 3.8) is 0 Å². The summed E-state index contributed by atoms with van der Waals surface area (Å²) in [6.45, 7) is -0.310. The Labute approximate surface area is 293 Å². The van der Waals surface area contributed by atoms with Crippen molar-refractivity contribution < 1.29 is 89.4 Å². The van der Waals surface area contributed by atoms with Crippen LogP contribution in [0.5, 0.6) is 17.2 Å². The Morgan fingerprint density at radius 3 is 1.87 bits per heavy atom. The van der Waals surface area contributed by atoms with Gasteiger partial charge in [-0.3, -0.25) is 4.79 Å². The number of ether oxygens (including phenoxy) is 5. The summed E-state index contributed by atoms with van der Waals surface area (Å²) in [6, 6.07) is 7.69. The molecule has 3 aliphatic heterocycles. The molecule has 0 aliphatic carbocycles. The lowest BCUT2D eigenvalue weighted by atomic mass is 9.89. The number of fused-ring (bicyclic) bond motifs is 1. The Morgan fingerprint density at radius 1 is 0.692 bits per heavy atom. The van der Waals surface area contributed by atoms with Crippen LogP contribution in [0.3, 0.4) is 0 Å². The lowest BCUT2D eigenvalue weighted by molar-refractivity contribution is -0.341. The van der Waals surface area contributed by atoms with Gasteiger partial charge in [-0.25, -0.2) is 0 Å². The summed E-state index contributed by atoms with van der Waals surface area (Å²) in [5.74, 6) is -1.47. The first-order chi connectivity index (χ1) is 24.7. The summed E-state index contributed by atoms with van der Waals surface area (Å²) < 4.78 is 34.7. The van der Waals surface area contributed by atoms with Crippen molar-refractivity contribution >= 4 is 11.0 Å². The van der Waals surface area contributed by atoms with E-state index in [-0.39, 0.29) is 17.1 Å². The second kappa shape index (κ2) is 15.1. The van der Waals surface area contributed by atoms with Crippen LogP contribution in [0, 0.1) is 0 Å². The number of hydrogen-bond acceptors (Lipinski definition) is 19. The van der Waals surface area contributed by atoms with Crippen molar-refractivity contribution in [1.29, 1.82) is 0 Å². The van der Waals surface area contributed by atoms with Crippen LogP contribution < -0.4 is 10.2 Å². The largest absolute Gasteiger partial charge is 0.508 e. The second-order valence-electron chi connectivity index (χ2n) is 12.9. The Kier molecular flexibility index (Phi) is 11.1. The van der Waals surface area contributed by atoms with Crippen LogP contribution in [0.25, 0.3) is 22.3 Å². The normalized spacial score (nSPS) is 38.3. The van der Waals surface area contributed by atoms with Crippen LogP contribution in [0.2, 0.25) is 0 Å². The Morgan fingerprint density at radius 2 is 1.27 bits per heavy atom. The van der Waals surface area contributed by atoms with Crippen LogP contribution in [-0.2, 0) is 18.9 Å². The van der Waals surface area contributed by atoms with E-state index in [4.69, 9.17) is 28.1 Å². The van der Waals surface area contributed by atoms with Gasteiger partial charge in [-0.15, -0.1) is 0 Å². The highest BCUT2D eigenvalue weighted by atomic mass is 16.7. The minimum atomic E-state index is -1.98. The van der Waals surface area contributed by atoms with Crippen LogP contribution in [-0.4, -0.2) is 160 Å². The molecule has 3 saturated heterocycles. The van der Waals surface area contributed by atoms with Gasteiger partial charge in [-0.1, -0.05) is 0 Å². The van der Waals surface area contributed by atoms with E-state index in [0.29, 0.717) is 5.56 Å². The molecule has 1 aromatic heterocycles. The molecular formula is C33H40O19. The predicted molar refractivity (Wildman–Crippen MR) is 170 cm³/mol. The standard InChI is InChI=1S/C33H40O19/c1-10-21(38)27(44)31(52-33-29(46)26(43)23(40)18(9-35)51-33)30(47-10)20-16(49-32-28(45)25(42)22(39)17(8-34)50-32)7-15-19(24(20)41)13(37)6-14(48-15)11-2-4-12(36)5-3-11/h2-7,10,17-18,21-23,25-36,38-46H,8-9H2,1H3/t10-,17+,18+,21-,22+,23+,25-,26-,27+,28+,29+,30-,31+,32+,33-/m0/s1. The SMILES string of the molecule is C[C@@H]1O[C@@H](c2c(O[C@@H]3O[C@H](CO)[C@@H](O)[C@H](O)[C@H]3O)cc3oc(-c4ccc(O)cc4)cc(=O)c3c2O)[C@H](O[C@@H]2O[C@H](CO)[C@@H](O)[C@H](O)[C@H]2O)[C@H](O)[C@H]1O. The smallest absolute Gasteiger partial charge is 0.229 e. The van der Waals surface area contributed by atoms with Crippen molar-refractivity contribution in [3.8, 4) is 28.6 Å². The third-order valence-corrected chi connectivity index (χ3v) is 9.49. The molecular weight excluding hydrogens is 700 g/mol. The molecule has 52 heavy (non-hydrogen) atoms. The van der Waals surface area contributed by atoms with Gasteiger partial charge in [0, 0.05) is 17.7 Å². The van der Waals surface area contributed by atoms with Gasteiger partial charge in [-0.2, -0.15) is 0 Å². The van der Waals surface area contributed by atoms with Crippen molar-refractivity contribution in [1.82, 2.24) is 0 Å². The second-order valence-corrected chi connectivity index (χ2v) is 12.9. The molecule has 19 nitrogen and oxygen atoms in total. The van der Waals surface area contributed by atoms with Crippen LogP contribution in [0.4, 0.5) is 0 Å². The van der Waals surface area contributed by atoms with E-state index in [0.717, 1.165) is 12.1 Å². The van der Waals surface area contributed by atoms with E-state index in [1.165, 1.54) is 31.2 Å². The molecule has 286 valence electrons. The highest BCUT2D eigenvalue weighted by Gasteiger charge is 2.52. The lowest BCUT2D eigenvalue weighted by Crippen LogP contribution is -2.62. The molecule has 15 atom stereocenters. The zero-order valence-electron chi connectivity index (χ0n) is 27.3. The molecule has 0 amide bonds. The molecule has 3 aromatic rings. The number of aliphatic hydroxyl groups excluding tert-OH is 10.